The minimum atomic E-state index is -0.927. The van der Waals surface area contributed by atoms with E-state index in [4.69, 9.17) is 43.0 Å². The Kier molecular flexibility index (Phi) is 30.7. The molecule has 0 unspecified atom stereocenters. The second-order valence-electron chi connectivity index (χ2n) is 12.1. The first-order chi connectivity index (χ1) is 25.3. The van der Waals surface area contributed by atoms with Crippen LogP contribution >= 0.6 is 0 Å². The third kappa shape index (κ3) is 35.2. The predicted octanol–water partition coefficient (Wildman–Crippen LogP) is 0.270. The van der Waals surface area contributed by atoms with Crippen LogP contribution in [0.3, 0.4) is 0 Å². The lowest BCUT2D eigenvalue weighted by Crippen LogP contribution is -2.43. The first-order valence-electron chi connectivity index (χ1n) is 18.0. The van der Waals surface area contributed by atoms with Crippen molar-refractivity contribution in [2.45, 2.75) is 65.4 Å². The number of hydrogen-bond donors (Lipinski definition) is 4. The molecule has 0 saturated carbocycles. The van der Waals surface area contributed by atoms with Gasteiger partial charge in [0.15, 0.2) is 0 Å². The maximum Gasteiger partial charge on any atom is 0.407 e. The van der Waals surface area contributed by atoms with Gasteiger partial charge in [0.25, 0.3) is 0 Å². The van der Waals surface area contributed by atoms with Crippen LogP contribution in [0.25, 0.3) is 0 Å². The van der Waals surface area contributed by atoms with Gasteiger partial charge in [-0.25, -0.2) is 4.79 Å². The summed E-state index contributed by atoms with van der Waals surface area (Å²) >= 11 is 0. The zero-order valence-electron chi connectivity index (χ0n) is 31.9. The van der Waals surface area contributed by atoms with Gasteiger partial charge in [-0.3, -0.25) is 24.0 Å². The lowest BCUT2D eigenvalue weighted by Gasteiger charge is -2.23. The van der Waals surface area contributed by atoms with E-state index in [0.29, 0.717) is 19.8 Å². The smallest absolute Gasteiger partial charge is 0.407 e. The predicted molar refractivity (Wildman–Crippen MR) is 189 cm³/mol. The van der Waals surface area contributed by atoms with Crippen molar-refractivity contribution in [1.29, 1.82) is 0 Å². The van der Waals surface area contributed by atoms with Gasteiger partial charge in [-0.1, -0.05) is 0 Å². The second kappa shape index (κ2) is 33.0. The van der Waals surface area contributed by atoms with Crippen molar-refractivity contribution in [3.05, 3.63) is 0 Å². The van der Waals surface area contributed by atoms with E-state index in [1.807, 2.05) is 0 Å². The van der Waals surface area contributed by atoms with Crippen molar-refractivity contribution in [1.82, 2.24) is 20.9 Å². The van der Waals surface area contributed by atoms with Gasteiger partial charge in [0.05, 0.1) is 105 Å². The van der Waals surface area contributed by atoms with E-state index >= 15 is 0 Å². The number of hydrogen-bond acceptors (Lipinski definition) is 14. The molecule has 0 radical (unpaired) electrons. The van der Waals surface area contributed by atoms with Gasteiger partial charge in [0, 0.05) is 45.6 Å². The summed E-state index contributed by atoms with van der Waals surface area (Å²) in [5, 5.41) is 16.6. The highest BCUT2D eigenvalue weighted by Gasteiger charge is 2.16. The number of carboxylic acid groups (broad SMARTS) is 1. The third-order valence-electron chi connectivity index (χ3n) is 6.41. The van der Waals surface area contributed by atoms with Crippen molar-refractivity contribution >= 4 is 35.8 Å². The number of ether oxygens (including phenoxy) is 8. The molecule has 0 spiro atoms. The number of nitrogens with zero attached hydrogens (tertiary/aromatic N) is 1. The minimum absolute atomic E-state index is 0.0500. The number of amides is 4. The Labute approximate surface area is 312 Å². The van der Waals surface area contributed by atoms with Crippen molar-refractivity contribution in [2.24, 2.45) is 0 Å². The maximum atomic E-state index is 13.0. The maximum absolute atomic E-state index is 13.0. The molecule has 0 bridgehead atoms. The van der Waals surface area contributed by atoms with Gasteiger partial charge < -0.3 is 63.9 Å². The Bertz CT molecular complexity index is 1030. The average molecular weight is 767 g/mol. The fourth-order valence-corrected chi connectivity index (χ4v) is 3.90. The van der Waals surface area contributed by atoms with Crippen LogP contribution < -0.4 is 16.0 Å². The summed E-state index contributed by atoms with van der Waals surface area (Å²) in [6.07, 6.45) is -0.208. The van der Waals surface area contributed by atoms with Crippen molar-refractivity contribution in [3.63, 3.8) is 0 Å². The van der Waals surface area contributed by atoms with Gasteiger partial charge in [-0.2, -0.15) is 0 Å². The van der Waals surface area contributed by atoms with Crippen LogP contribution in [0, 0.1) is 0 Å². The summed E-state index contributed by atoms with van der Waals surface area (Å²) in [7, 11) is 0. The van der Waals surface area contributed by atoms with Crippen LogP contribution in [0.1, 0.15) is 59.8 Å². The third-order valence-corrected chi connectivity index (χ3v) is 6.41. The molecule has 4 N–H and O–H groups in total. The van der Waals surface area contributed by atoms with E-state index in [0.717, 1.165) is 0 Å². The number of carbonyl (C=O) groups excluding carboxylic acids is 5. The highest BCUT2D eigenvalue weighted by Crippen LogP contribution is 2.06. The second-order valence-corrected chi connectivity index (χ2v) is 12.1. The van der Waals surface area contributed by atoms with Gasteiger partial charge >= 0.3 is 18.0 Å². The van der Waals surface area contributed by atoms with Gasteiger partial charge in [-0.15, -0.1) is 0 Å². The molecule has 4 amide bonds. The molecule has 0 rings (SSSR count). The molecule has 0 atom stereocenters. The molecule has 0 heterocycles. The van der Waals surface area contributed by atoms with Crippen molar-refractivity contribution in [3.8, 4) is 0 Å². The van der Waals surface area contributed by atoms with Crippen LogP contribution in [0.4, 0.5) is 4.79 Å². The zero-order valence-corrected chi connectivity index (χ0v) is 31.9. The lowest BCUT2D eigenvalue weighted by molar-refractivity contribution is -0.144. The number of rotatable bonds is 34. The van der Waals surface area contributed by atoms with Gasteiger partial charge in [-0.05, 0) is 27.7 Å². The average Bonchev–Trinajstić information content (AvgIpc) is 3.08. The first kappa shape index (κ1) is 49.4. The number of aliphatic carboxylic acids is 1. The van der Waals surface area contributed by atoms with Gasteiger partial charge in [0.2, 0.25) is 17.7 Å². The topological polar surface area (TPSA) is 236 Å². The molecule has 0 aliphatic rings. The molecular formula is C34H62N4O15. The fourth-order valence-electron chi connectivity index (χ4n) is 3.90. The summed E-state index contributed by atoms with van der Waals surface area (Å²) in [5.74, 6) is -2.02. The van der Waals surface area contributed by atoms with E-state index in [2.05, 4.69) is 16.0 Å². The van der Waals surface area contributed by atoms with E-state index < -0.39 is 17.7 Å². The largest absolute Gasteiger partial charge is 0.481 e. The van der Waals surface area contributed by atoms with E-state index in [-0.39, 0.29) is 155 Å². The van der Waals surface area contributed by atoms with Crippen LogP contribution in [-0.4, -0.2) is 170 Å². The molecule has 19 heteroatoms. The zero-order chi connectivity index (χ0) is 39.6. The first-order valence-corrected chi connectivity index (χ1v) is 18.0. The number of nitrogens with one attached hydrogen (secondary N) is 3. The standard InChI is InChI=1S/C34H62N4O15/c1-5-52-32(44)10-20-50-23-22-47-16-6-28(39)35-11-14-38(30(41)8-18-46-21-13-37-33(45)53-34(2,3)4)15-12-36-29(40)7-17-48-24-26-51-27-25-49-19-9-31(42)43/h5-27H2,1-4H3,(H,35,39)(H,36,40)(H,37,45)(H,42,43). The molecule has 0 aromatic rings. The summed E-state index contributed by atoms with van der Waals surface area (Å²) in [6, 6.07) is 0. The Balaban J connectivity index is 4.43. The normalized spacial score (nSPS) is 11.1. The minimum Gasteiger partial charge on any atom is -0.481 e. The highest BCUT2D eigenvalue weighted by molar-refractivity contribution is 5.78. The molecule has 0 saturated heterocycles. The molecule has 19 nitrogen and oxygen atoms in total. The number of carbonyl (C=O) groups is 6. The Morgan fingerprint density at radius 2 is 0.981 bits per heavy atom. The molecule has 0 aromatic carbocycles. The van der Waals surface area contributed by atoms with Gasteiger partial charge in [0.1, 0.15) is 5.60 Å². The summed E-state index contributed by atoms with van der Waals surface area (Å²) < 4.78 is 42.0. The van der Waals surface area contributed by atoms with Crippen molar-refractivity contribution in [2.75, 3.05) is 119 Å². The highest BCUT2D eigenvalue weighted by atomic mass is 16.6. The van der Waals surface area contributed by atoms with Crippen LogP contribution in [0.5, 0.6) is 0 Å². The van der Waals surface area contributed by atoms with E-state index in [9.17, 15) is 28.8 Å². The molecular weight excluding hydrogens is 704 g/mol. The lowest BCUT2D eigenvalue weighted by atomic mass is 10.2. The van der Waals surface area contributed by atoms with Crippen LogP contribution in [-0.2, 0) is 61.9 Å². The number of esters is 1. The monoisotopic (exact) mass is 766 g/mol. The molecule has 0 aliphatic carbocycles. The Hall–Kier alpha value is -3.62. The van der Waals surface area contributed by atoms with E-state index in [1.54, 1.807) is 27.7 Å². The SMILES string of the molecule is CCOC(=O)CCOCCOCCC(=O)NCCN(CCNC(=O)CCOCCOCCOCCC(=O)O)C(=O)CCOCCNC(=O)OC(C)(C)C. The van der Waals surface area contributed by atoms with Crippen LogP contribution in [0.2, 0.25) is 0 Å². The molecule has 53 heavy (non-hydrogen) atoms. The fraction of sp³-hybridized carbons (Fsp3) is 0.824. The Morgan fingerprint density at radius 1 is 0.547 bits per heavy atom. The number of carboxylic acids is 1. The summed E-state index contributed by atoms with van der Waals surface area (Å²) in [6.45, 7) is 10.9. The quantitative estimate of drug-likeness (QED) is 0.0508. The molecule has 0 aliphatic heterocycles. The molecule has 0 fully saturated rings. The van der Waals surface area contributed by atoms with E-state index in [1.165, 1.54) is 4.90 Å². The van der Waals surface area contributed by atoms with Crippen molar-refractivity contribution < 1.29 is 71.8 Å². The number of alkyl carbamates (subject to hydrolysis) is 1. The summed E-state index contributed by atoms with van der Waals surface area (Å²) in [4.78, 5) is 72.5. The molecule has 308 valence electrons. The Morgan fingerprint density at radius 3 is 1.45 bits per heavy atom. The summed E-state index contributed by atoms with van der Waals surface area (Å²) in [5.41, 5.74) is -0.620. The molecule has 0 aromatic heterocycles. The van der Waals surface area contributed by atoms with Crippen LogP contribution in [0.15, 0.2) is 0 Å².